The van der Waals surface area contributed by atoms with Crippen LogP contribution in [0.3, 0.4) is 0 Å². The predicted molar refractivity (Wildman–Crippen MR) is 63.6 cm³/mol. The third-order valence-corrected chi connectivity index (χ3v) is 3.39. The maximum atomic E-state index is 4.42. The van der Waals surface area contributed by atoms with Crippen molar-refractivity contribution in [1.82, 2.24) is 14.6 Å². The van der Waals surface area contributed by atoms with Crippen molar-refractivity contribution in [2.24, 2.45) is 0 Å². The standard InChI is InChI=1S/C12H16N4/c1-9-8-10-11(13-6-7-16(10)15-9)14-12(2)4-3-5-12/h6-8H,3-5H2,1-2H3,(H,13,14). The molecule has 0 saturated heterocycles. The van der Waals surface area contributed by atoms with Crippen LogP contribution in [-0.2, 0) is 0 Å². The van der Waals surface area contributed by atoms with Gasteiger partial charge in [0, 0.05) is 17.9 Å². The fraction of sp³-hybridized carbons (Fsp3) is 0.500. The first kappa shape index (κ1) is 9.63. The fourth-order valence-electron chi connectivity index (χ4n) is 2.26. The summed E-state index contributed by atoms with van der Waals surface area (Å²) in [6, 6.07) is 2.07. The molecule has 0 aliphatic heterocycles. The van der Waals surface area contributed by atoms with Gasteiger partial charge in [0.2, 0.25) is 0 Å². The van der Waals surface area contributed by atoms with E-state index in [0.29, 0.717) is 0 Å². The summed E-state index contributed by atoms with van der Waals surface area (Å²) < 4.78 is 1.88. The van der Waals surface area contributed by atoms with Crippen molar-refractivity contribution < 1.29 is 0 Å². The molecule has 2 aromatic rings. The van der Waals surface area contributed by atoms with Gasteiger partial charge in [0.05, 0.1) is 5.69 Å². The molecule has 0 atom stereocenters. The van der Waals surface area contributed by atoms with Crippen LogP contribution in [0.4, 0.5) is 5.82 Å². The molecule has 0 radical (unpaired) electrons. The van der Waals surface area contributed by atoms with E-state index < -0.39 is 0 Å². The number of hydrogen-bond acceptors (Lipinski definition) is 3. The summed E-state index contributed by atoms with van der Waals surface area (Å²) in [6.07, 6.45) is 7.44. The maximum Gasteiger partial charge on any atom is 0.152 e. The fourth-order valence-corrected chi connectivity index (χ4v) is 2.26. The second-order valence-electron chi connectivity index (χ2n) is 4.93. The lowest BCUT2D eigenvalue weighted by molar-refractivity contribution is 0.306. The van der Waals surface area contributed by atoms with E-state index in [4.69, 9.17) is 0 Å². The Kier molecular flexibility index (Phi) is 1.93. The molecule has 0 amide bonds. The van der Waals surface area contributed by atoms with Crippen molar-refractivity contribution in [3.8, 4) is 0 Å². The number of anilines is 1. The van der Waals surface area contributed by atoms with E-state index in [2.05, 4.69) is 28.4 Å². The van der Waals surface area contributed by atoms with E-state index >= 15 is 0 Å². The first-order valence-electron chi connectivity index (χ1n) is 5.76. The molecule has 1 saturated carbocycles. The summed E-state index contributed by atoms with van der Waals surface area (Å²) in [5.74, 6) is 0.949. The lowest BCUT2D eigenvalue weighted by Crippen LogP contribution is -2.42. The molecule has 2 aromatic heterocycles. The SMILES string of the molecule is Cc1cc2c(NC3(C)CCC3)nccn2n1. The smallest absolute Gasteiger partial charge is 0.152 e. The van der Waals surface area contributed by atoms with Crippen LogP contribution in [0.5, 0.6) is 0 Å². The Morgan fingerprint density at radius 2 is 2.25 bits per heavy atom. The van der Waals surface area contributed by atoms with E-state index in [1.165, 1.54) is 19.3 Å². The molecule has 4 nitrogen and oxygen atoms in total. The summed E-state index contributed by atoms with van der Waals surface area (Å²) in [5, 5.41) is 7.92. The molecular formula is C12H16N4. The van der Waals surface area contributed by atoms with Crippen LogP contribution in [0.2, 0.25) is 0 Å². The van der Waals surface area contributed by atoms with Crippen LogP contribution >= 0.6 is 0 Å². The van der Waals surface area contributed by atoms with Gasteiger partial charge in [0.15, 0.2) is 5.82 Å². The molecule has 0 aromatic carbocycles. The van der Waals surface area contributed by atoms with Gasteiger partial charge in [-0.1, -0.05) is 0 Å². The molecule has 1 N–H and O–H groups in total. The normalized spacial score (nSPS) is 18.4. The third kappa shape index (κ3) is 1.45. The van der Waals surface area contributed by atoms with E-state index in [1.54, 1.807) is 6.20 Å². The number of nitrogens with zero attached hydrogens (tertiary/aromatic N) is 3. The van der Waals surface area contributed by atoms with Gasteiger partial charge in [0.1, 0.15) is 5.52 Å². The van der Waals surface area contributed by atoms with Crippen LogP contribution in [0.15, 0.2) is 18.5 Å². The molecule has 84 valence electrons. The Hall–Kier alpha value is -1.58. The van der Waals surface area contributed by atoms with Crippen molar-refractivity contribution in [2.75, 3.05) is 5.32 Å². The molecule has 1 aliphatic carbocycles. The van der Waals surface area contributed by atoms with Crippen molar-refractivity contribution in [3.63, 3.8) is 0 Å². The van der Waals surface area contributed by atoms with Crippen LogP contribution in [0.1, 0.15) is 31.9 Å². The monoisotopic (exact) mass is 216 g/mol. The third-order valence-electron chi connectivity index (χ3n) is 3.39. The van der Waals surface area contributed by atoms with Crippen molar-refractivity contribution in [1.29, 1.82) is 0 Å². The van der Waals surface area contributed by atoms with Gasteiger partial charge in [-0.2, -0.15) is 5.10 Å². The van der Waals surface area contributed by atoms with Gasteiger partial charge in [-0.3, -0.25) is 0 Å². The second kappa shape index (κ2) is 3.20. The molecule has 16 heavy (non-hydrogen) atoms. The van der Waals surface area contributed by atoms with Crippen LogP contribution in [0.25, 0.3) is 5.52 Å². The first-order valence-corrected chi connectivity index (χ1v) is 5.76. The van der Waals surface area contributed by atoms with Gasteiger partial charge in [-0.15, -0.1) is 0 Å². The van der Waals surface area contributed by atoms with Crippen molar-refractivity contribution in [2.45, 2.75) is 38.6 Å². The zero-order valence-corrected chi connectivity index (χ0v) is 9.70. The minimum absolute atomic E-state index is 0.229. The number of aromatic nitrogens is 3. The largest absolute Gasteiger partial charge is 0.363 e. The topological polar surface area (TPSA) is 42.2 Å². The minimum Gasteiger partial charge on any atom is -0.363 e. The molecule has 3 rings (SSSR count). The number of aryl methyl sites for hydroxylation is 1. The van der Waals surface area contributed by atoms with Gasteiger partial charge in [0.25, 0.3) is 0 Å². The molecule has 1 fully saturated rings. The lowest BCUT2D eigenvalue weighted by Gasteiger charge is -2.39. The number of rotatable bonds is 2. The zero-order chi connectivity index (χ0) is 11.2. The number of nitrogens with one attached hydrogen (secondary N) is 1. The van der Waals surface area contributed by atoms with Gasteiger partial charge in [-0.05, 0) is 39.2 Å². The highest BCUT2D eigenvalue weighted by atomic mass is 15.2. The lowest BCUT2D eigenvalue weighted by atomic mass is 9.78. The number of hydrogen-bond donors (Lipinski definition) is 1. The van der Waals surface area contributed by atoms with Gasteiger partial charge < -0.3 is 5.32 Å². The summed E-state index contributed by atoms with van der Waals surface area (Å²) >= 11 is 0. The molecule has 4 heteroatoms. The predicted octanol–water partition coefficient (Wildman–Crippen LogP) is 2.39. The summed E-state index contributed by atoms with van der Waals surface area (Å²) in [6.45, 7) is 4.26. The first-order chi connectivity index (χ1) is 7.66. The summed E-state index contributed by atoms with van der Waals surface area (Å²) in [5.41, 5.74) is 2.32. The number of fused-ring (bicyclic) bond motifs is 1. The highest BCUT2D eigenvalue weighted by molar-refractivity contribution is 5.68. The highest BCUT2D eigenvalue weighted by Gasteiger charge is 2.32. The summed E-state index contributed by atoms with van der Waals surface area (Å²) in [7, 11) is 0. The van der Waals surface area contributed by atoms with Crippen LogP contribution < -0.4 is 5.32 Å². The molecule has 0 bridgehead atoms. The Morgan fingerprint density at radius 1 is 1.44 bits per heavy atom. The van der Waals surface area contributed by atoms with Crippen LogP contribution in [-0.4, -0.2) is 20.1 Å². The molecule has 2 heterocycles. The molecule has 0 unspecified atom stereocenters. The quantitative estimate of drug-likeness (QED) is 0.838. The summed E-state index contributed by atoms with van der Waals surface area (Å²) in [4.78, 5) is 4.42. The zero-order valence-electron chi connectivity index (χ0n) is 9.70. The van der Waals surface area contributed by atoms with E-state index in [1.807, 2.05) is 17.6 Å². The Morgan fingerprint density at radius 3 is 2.94 bits per heavy atom. The average Bonchev–Trinajstić information content (AvgIpc) is 2.57. The Balaban J connectivity index is 2.02. The average molecular weight is 216 g/mol. The van der Waals surface area contributed by atoms with E-state index in [-0.39, 0.29) is 5.54 Å². The van der Waals surface area contributed by atoms with E-state index in [9.17, 15) is 0 Å². The molecular weight excluding hydrogens is 200 g/mol. The molecule has 1 aliphatic rings. The Bertz CT molecular complexity index is 525. The molecule has 0 spiro atoms. The second-order valence-corrected chi connectivity index (χ2v) is 4.93. The van der Waals surface area contributed by atoms with Crippen LogP contribution in [0, 0.1) is 6.92 Å². The van der Waals surface area contributed by atoms with Crippen molar-refractivity contribution in [3.05, 3.63) is 24.2 Å². The highest BCUT2D eigenvalue weighted by Crippen LogP contribution is 2.35. The Labute approximate surface area is 94.7 Å². The van der Waals surface area contributed by atoms with E-state index in [0.717, 1.165) is 17.0 Å². The van der Waals surface area contributed by atoms with Gasteiger partial charge >= 0.3 is 0 Å². The maximum absolute atomic E-state index is 4.42. The minimum atomic E-state index is 0.229. The van der Waals surface area contributed by atoms with Crippen molar-refractivity contribution >= 4 is 11.3 Å². The van der Waals surface area contributed by atoms with Gasteiger partial charge in [-0.25, -0.2) is 9.50 Å².